The van der Waals surface area contributed by atoms with Crippen molar-refractivity contribution in [2.45, 2.75) is 6.92 Å². The van der Waals surface area contributed by atoms with Crippen LogP contribution in [0.1, 0.15) is 15.9 Å². The molecule has 5 nitrogen and oxygen atoms in total. The summed E-state index contributed by atoms with van der Waals surface area (Å²) in [5, 5.41) is 0.995. The van der Waals surface area contributed by atoms with Gasteiger partial charge in [0.25, 0.3) is 0 Å². The van der Waals surface area contributed by atoms with Crippen LogP contribution in [0, 0.1) is 6.92 Å². The monoisotopic (exact) mass is 383 g/mol. The van der Waals surface area contributed by atoms with Crippen molar-refractivity contribution in [3.8, 4) is 11.3 Å². The Morgan fingerprint density at radius 1 is 0.931 bits per heavy atom. The fraction of sp³-hybridized carbons (Fsp3) is 0.125. The second kappa shape index (κ2) is 7.72. The second-order valence-corrected chi connectivity index (χ2v) is 6.83. The number of aromatic nitrogens is 2. The summed E-state index contributed by atoms with van der Waals surface area (Å²) >= 11 is 0. The lowest BCUT2D eigenvalue weighted by molar-refractivity contribution is 0.0601. The minimum atomic E-state index is -0.396. The minimum Gasteiger partial charge on any atom is -0.465 e. The molecule has 4 rings (SSSR count). The van der Waals surface area contributed by atoms with E-state index in [1.807, 2.05) is 72.6 Å². The molecule has 0 unspecified atom stereocenters. The molecule has 1 aromatic heterocycles. The van der Waals surface area contributed by atoms with E-state index < -0.39 is 5.97 Å². The van der Waals surface area contributed by atoms with Crippen molar-refractivity contribution in [2.24, 2.45) is 0 Å². The summed E-state index contributed by atoms with van der Waals surface area (Å²) in [5.41, 5.74) is 5.02. The van der Waals surface area contributed by atoms with Gasteiger partial charge in [-0.3, -0.25) is 0 Å². The molecule has 29 heavy (non-hydrogen) atoms. The van der Waals surface area contributed by atoms with Gasteiger partial charge in [0.05, 0.1) is 29.6 Å². The zero-order chi connectivity index (χ0) is 20.4. The summed E-state index contributed by atoms with van der Waals surface area (Å²) in [5.74, 6) is 0.115. The van der Waals surface area contributed by atoms with Crippen molar-refractivity contribution in [1.82, 2.24) is 9.97 Å². The van der Waals surface area contributed by atoms with Crippen LogP contribution in [0.15, 0.2) is 72.8 Å². The zero-order valence-electron chi connectivity index (χ0n) is 16.6. The third kappa shape index (κ3) is 3.55. The second-order valence-electron chi connectivity index (χ2n) is 6.83. The molecule has 0 N–H and O–H groups in total. The van der Waals surface area contributed by atoms with E-state index in [0.29, 0.717) is 17.2 Å². The molecule has 0 spiro atoms. The third-order valence-corrected chi connectivity index (χ3v) is 4.86. The highest BCUT2D eigenvalue weighted by Gasteiger charge is 2.19. The Hall–Kier alpha value is -3.73. The maximum Gasteiger partial charge on any atom is 0.339 e. The van der Waals surface area contributed by atoms with Crippen LogP contribution in [0.3, 0.4) is 0 Å². The molecule has 144 valence electrons. The van der Waals surface area contributed by atoms with Crippen molar-refractivity contribution in [2.75, 3.05) is 19.1 Å². The van der Waals surface area contributed by atoms with Gasteiger partial charge in [-0.25, -0.2) is 14.8 Å². The Morgan fingerprint density at radius 2 is 1.66 bits per heavy atom. The average Bonchev–Trinajstić information content (AvgIpc) is 2.78. The highest BCUT2D eigenvalue weighted by molar-refractivity contribution is 5.97. The topological polar surface area (TPSA) is 55.3 Å². The molecule has 0 aliphatic heterocycles. The number of aryl methyl sites for hydroxylation is 1. The van der Waals surface area contributed by atoms with Gasteiger partial charge in [-0.15, -0.1) is 0 Å². The number of anilines is 2. The van der Waals surface area contributed by atoms with Gasteiger partial charge in [0.1, 0.15) is 0 Å². The number of nitrogens with zero attached hydrogens (tertiary/aromatic N) is 3. The Balaban J connectivity index is 1.92. The molecule has 1 heterocycles. The van der Waals surface area contributed by atoms with Crippen LogP contribution in [0.5, 0.6) is 0 Å². The largest absolute Gasteiger partial charge is 0.465 e. The Labute approximate surface area is 169 Å². The summed E-state index contributed by atoms with van der Waals surface area (Å²) in [6.07, 6.45) is 0. The van der Waals surface area contributed by atoms with E-state index >= 15 is 0 Å². The van der Waals surface area contributed by atoms with E-state index in [4.69, 9.17) is 14.7 Å². The number of carbonyl (C=O) groups is 1. The molecule has 5 heteroatoms. The highest BCUT2D eigenvalue weighted by atomic mass is 16.5. The Bertz CT molecular complexity index is 1190. The standard InChI is InChI=1S/C24H21N3O2/c1-16-13-14-20-19(15-16)22(17-9-5-4-6-10-17)26-24(25-20)27(2)21-12-8-7-11-18(21)23(28)29-3/h4-15H,1-3H3. The summed E-state index contributed by atoms with van der Waals surface area (Å²) in [6.45, 7) is 2.06. The van der Waals surface area contributed by atoms with Crippen LogP contribution in [-0.4, -0.2) is 30.1 Å². The number of benzene rings is 3. The molecule has 0 aliphatic rings. The molecule has 0 amide bonds. The number of fused-ring (bicyclic) bond motifs is 1. The normalized spacial score (nSPS) is 10.7. The maximum atomic E-state index is 12.2. The molecule has 0 radical (unpaired) electrons. The molecular weight excluding hydrogens is 362 g/mol. The quantitative estimate of drug-likeness (QED) is 0.456. The molecule has 0 saturated heterocycles. The molecule has 0 fully saturated rings. The first-order chi connectivity index (χ1) is 14.1. The smallest absolute Gasteiger partial charge is 0.339 e. The average molecular weight is 383 g/mol. The zero-order valence-corrected chi connectivity index (χ0v) is 16.6. The summed E-state index contributed by atoms with van der Waals surface area (Å²) in [6, 6.07) is 23.5. The first-order valence-electron chi connectivity index (χ1n) is 9.33. The Morgan fingerprint density at radius 3 is 2.41 bits per heavy atom. The fourth-order valence-corrected chi connectivity index (χ4v) is 3.35. The molecule has 0 atom stereocenters. The number of methoxy groups -OCH3 is 1. The molecular formula is C24H21N3O2. The van der Waals surface area contributed by atoms with Crippen molar-refractivity contribution in [3.05, 3.63) is 83.9 Å². The SMILES string of the molecule is COC(=O)c1ccccc1N(C)c1nc(-c2ccccc2)c2cc(C)ccc2n1. The minimum absolute atomic E-state index is 0.396. The first-order valence-corrected chi connectivity index (χ1v) is 9.33. The van der Waals surface area contributed by atoms with E-state index in [0.717, 1.165) is 27.7 Å². The summed E-state index contributed by atoms with van der Waals surface area (Å²) in [7, 11) is 3.23. The van der Waals surface area contributed by atoms with Gasteiger partial charge >= 0.3 is 5.97 Å². The Kier molecular flexibility index (Phi) is 4.96. The number of hydrogen-bond donors (Lipinski definition) is 0. The van der Waals surface area contributed by atoms with E-state index in [-0.39, 0.29) is 0 Å². The number of ether oxygens (including phenoxy) is 1. The summed E-state index contributed by atoms with van der Waals surface area (Å²) < 4.78 is 4.93. The van der Waals surface area contributed by atoms with Crippen molar-refractivity contribution in [3.63, 3.8) is 0 Å². The van der Waals surface area contributed by atoms with Crippen LogP contribution >= 0.6 is 0 Å². The summed E-state index contributed by atoms with van der Waals surface area (Å²) in [4.78, 5) is 23.7. The molecule has 0 bridgehead atoms. The highest BCUT2D eigenvalue weighted by Crippen LogP contribution is 2.32. The van der Waals surface area contributed by atoms with Gasteiger partial charge in [0.2, 0.25) is 5.95 Å². The lowest BCUT2D eigenvalue weighted by Crippen LogP contribution is -2.17. The van der Waals surface area contributed by atoms with E-state index in [2.05, 4.69) is 13.0 Å². The van der Waals surface area contributed by atoms with Crippen LogP contribution in [-0.2, 0) is 4.74 Å². The van der Waals surface area contributed by atoms with E-state index in [1.54, 1.807) is 6.07 Å². The van der Waals surface area contributed by atoms with Crippen molar-refractivity contribution < 1.29 is 9.53 Å². The van der Waals surface area contributed by atoms with Gasteiger partial charge in [0.15, 0.2) is 0 Å². The number of para-hydroxylation sites is 1. The van der Waals surface area contributed by atoms with Gasteiger partial charge in [-0.2, -0.15) is 0 Å². The van der Waals surface area contributed by atoms with Crippen molar-refractivity contribution in [1.29, 1.82) is 0 Å². The number of rotatable bonds is 4. The van der Waals surface area contributed by atoms with E-state index in [1.165, 1.54) is 7.11 Å². The molecule has 4 aromatic rings. The molecule has 0 aliphatic carbocycles. The van der Waals surface area contributed by atoms with Gasteiger partial charge in [0, 0.05) is 18.0 Å². The number of esters is 1. The maximum absolute atomic E-state index is 12.2. The van der Waals surface area contributed by atoms with Crippen LogP contribution in [0.4, 0.5) is 11.6 Å². The lowest BCUT2D eigenvalue weighted by Gasteiger charge is -2.21. The predicted molar refractivity (Wildman–Crippen MR) is 116 cm³/mol. The predicted octanol–water partition coefficient (Wildman–Crippen LogP) is 5.16. The number of hydrogen-bond acceptors (Lipinski definition) is 5. The van der Waals surface area contributed by atoms with Crippen LogP contribution < -0.4 is 4.90 Å². The van der Waals surface area contributed by atoms with Gasteiger partial charge in [-0.05, 0) is 31.2 Å². The third-order valence-electron chi connectivity index (χ3n) is 4.86. The lowest BCUT2D eigenvalue weighted by atomic mass is 10.0. The fourth-order valence-electron chi connectivity index (χ4n) is 3.35. The van der Waals surface area contributed by atoms with Gasteiger partial charge in [-0.1, -0.05) is 54.1 Å². The van der Waals surface area contributed by atoms with Gasteiger partial charge < -0.3 is 9.64 Å². The first kappa shape index (κ1) is 18.6. The van der Waals surface area contributed by atoms with Crippen LogP contribution in [0.2, 0.25) is 0 Å². The molecule has 3 aromatic carbocycles. The van der Waals surface area contributed by atoms with Crippen molar-refractivity contribution >= 4 is 28.5 Å². The number of carbonyl (C=O) groups excluding carboxylic acids is 1. The van der Waals surface area contributed by atoms with Crippen LogP contribution in [0.25, 0.3) is 22.2 Å². The van der Waals surface area contributed by atoms with E-state index in [9.17, 15) is 4.79 Å². The molecule has 0 saturated carbocycles.